The summed E-state index contributed by atoms with van der Waals surface area (Å²) in [6.45, 7) is 7.20. The highest BCUT2D eigenvalue weighted by atomic mass is 16.6. The molecule has 0 N–H and O–H groups in total. The van der Waals surface area contributed by atoms with Crippen molar-refractivity contribution in [1.29, 1.82) is 0 Å². The van der Waals surface area contributed by atoms with Gasteiger partial charge in [0.2, 0.25) is 0 Å². The Morgan fingerprint density at radius 2 is 1.96 bits per heavy atom. The monoisotopic (exact) mass is 320 g/mol. The predicted octanol–water partition coefficient (Wildman–Crippen LogP) is 1.05. The van der Waals surface area contributed by atoms with Crippen molar-refractivity contribution in [2.24, 2.45) is 0 Å². The Labute approximate surface area is 136 Å². The second-order valence-corrected chi connectivity index (χ2v) is 6.29. The molecule has 0 aliphatic carbocycles. The predicted molar refractivity (Wildman–Crippen MR) is 89.0 cm³/mol. The lowest BCUT2D eigenvalue weighted by Crippen LogP contribution is -2.52. The van der Waals surface area contributed by atoms with Gasteiger partial charge in [0.25, 0.3) is 5.69 Å². The van der Waals surface area contributed by atoms with Crippen LogP contribution in [0.25, 0.3) is 0 Å². The fourth-order valence-corrected chi connectivity index (χ4v) is 3.25. The number of anilines is 1. The van der Waals surface area contributed by atoms with Crippen LogP contribution in [0.4, 0.5) is 11.4 Å². The first-order chi connectivity index (χ1) is 11.1. The average molecular weight is 320 g/mol. The zero-order valence-electron chi connectivity index (χ0n) is 13.6. The van der Waals surface area contributed by atoms with E-state index in [9.17, 15) is 10.1 Å². The maximum Gasteiger partial charge on any atom is 0.292 e. The molecule has 0 amide bonds. The summed E-state index contributed by atoms with van der Waals surface area (Å²) in [5, 5.41) is 11.2. The van der Waals surface area contributed by atoms with Crippen molar-refractivity contribution >= 4 is 11.4 Å². The van der Waals surface area contributed by atoms with Crippen molar-refractivity contribution in [3.05, 3.63) is 34.4 Å². The third-order valence-corrected chi connectivity index (χ3v) is 4.62. The largest absolute Gasteiger partial charge is 0.373 e. The smallest absolute Gasteiger partial charge is 0.292 e. The van der Waals surface area contributed by atoms with Crippen LogP contribution in [-0.4, -0.2) is 80.3 Å². The highest BCUT2D eigenvalue weighted by Gasteiger charge is 2.27. The number of para-hydroxylation sites is 2. The van der Waals surface area contributed by atoms with Crippen LogP contribution in [-0.2, 0) is 4.74 Å². The molecule has 1 aromatic rings. The summed E-state index contributed by atoms with van der Waals surface area (Å²) in [7, 11) is 2.14. The number of piperazine rings is 1. The minimum atomic E-state index is -0.305. The van der Waals surface area contributed by atoms with E-state index in [4.69, 9.17) is 4.74 Å². The van der Waals surface area contributed by atoms with Crippen LogP contribution in [0.1, 0.15) is 0 Å². The van der Waals surface area contributed by atoms with Crippen LogP contribution in [0, 0.1) is 10.1 Å². The summed E-state index contributed by atoms with van der Waals surface area (Å²) in [6.07, 6.45) is 0.104. The number of nitro benzene ring substituents is 1. The Morgan fingerprint density at radius 1 is 1.22 bits per heavy atom. The zero-order chi connectivity index (χ0) is 16.2. The second kappa shape index (κ2) is 7.25. The number of rotatable bonds is 4. The van der Waals surface area contributed by atoms with Gasteiger partial charge in [0.1, 0.15) is 5.69 Å². The number of benzene rings is 1. The van der Waals surface area contributed by atoms with Crippen molar-refractivity contribution in [3.8, 4) is 0 Å². The van der Waals surface area contributed by atoms with E-state index in [0.717, 1.165) is 32.7 Å². The van der Waals surface area contributed by atoms with Gasteiger partial charge < -0.3 is 14.5 Å². The highest BCUT2D eigenvalue weighted by molar-refractivity contribution is 5.63. The molecule has 1 atom stereocenters. The molecule has 0 unspecified atom stereocenters. The van der Waals surface area contributed by atoms with E-state index >= 15 is 0 Å². The molecule has 0 spiro atoms. The number of ether oxygens (including phenoxy) is 1. The van der Waals surface area contributed by atoms with Crippen LogP contribution in [0.2, 0.25) is 0 Å². The van der Waals surface area contributed by atoms with Crippen LogP contribution in [0.3, 0.4) is 0 Å². The van der Waals surface area contributed by atoms with Crippen molar-refractivity contribution < 1.29 is 9.66 Å². The number of morpholine rings is 1. The van der Waals surface area contributed by atoms with Gasteiger partial charge in [-0.25, -0.2) is 0 Å². The first-order valence-corrected chi connectivity index (χ1v) is 8.14. The van der Waals surface area contributed by atoms with E-state index in [2.05, 4.69) is 21.7 Å². The van der Waals surface area contributed by atoms with E-state index in [1.54, 1.807) is 12.1 Å². The Kier molecular flexibility index (Phi) is 5.09. The molecule has 7 heteroatoms. The van der Waals surface area contributed by atoms with E-state index in [1.165, 1.54) is 0 Å². The van der Waals surface area contributed by atoms with E-state index in [0.29, 0.717) is 25.4 Å². The minimum absolute atomic E-state index is 0.104. The van der Waals surface area contributed by atoms with Crippen molar-refractivity contribution in [3.63, 3.8) is 0 Å². The first kappa shape index (κ1) is 16.2. The fraction of sp³-hybridized carbons (Fsp3) is 0.625. The molecule has 2 aliphatic heterocycles. The summed E-state index contributed by atoms with van der Waals surface area (Å²) >= 11 is 0. The van der Waals surface area contributed by atoms with E-state index < -0.39 is 0 Å². The first-order valence-electron chi connectivity index (χ1n) is 8.14. The quantitative estimate of drug-likeness (QED) is 0.610. The minimum Gasteiger partial charge on any atom is -0.373 e. The van der Waals surface area contributed by atoms with Gasteiger partial charge in [-0.15, -0.1) is 0 Å². The molecule has 126 valence electrons. The lowest BCUT2D eigenvalue weighted by molar-refractivity contribution is -0.384. The fourth-order valence-electron chi connectivity index (χ4n) is 3.25. The summed E-state index contributed by atoms with van der Waals surface area (Å²) in [4.78, 5) is 17.8. The molecule has 1 aromatic carbocycles. The van der Waals surface area contributed by atoms with Gasteiger partial charge in [0.15, 0.2) is 0 Å². The van der Waals surface area contributed by atoms with Crippen molar-refractivity contribution in [2.45, 2.75) is 6.10 Å². The molecule has 7 nitrogen and oxygen atoms in total. The molecule has 0 aromatic heterocycles. The van der Waals surface area contributed by atoms with Crippen molar-refractivity contribution in [2.75, 3.05) is 64.4 Å². The normalized spacial score (nSPS) is 23.9. The molecule has 2 saturated heterocycles. The van der Waals surface area contributed by atoms with E-state index in [1.807, 2.05) is 12.1 Å². The maximum absolute atomic E-state index is 11.2. The van der Waals surface area contributed by atoms with E-state index in [-0.39, 0.29) is 16.7 Å². The van der Waals surface area contributed by atoms with Gasteiger partial charge in [0.05, 0.1) is 17.6 Å². The molecule has 2 fully saturated rings. The molecule has 2 aliphatic rings. The summed E-state index contributed by atoms with van der Waals surface area (Å²) < 4.78 is 5.89. The van der Waals surface area contributed by atoms with Crippen molar-refractivity contribution in [1.82, 2.24) is 9.80 Å². The Bertz CT molecular complexity index is 546. The number of hydrogen-bond acceptors (Lipinski definition) is 6. The Hall–Kier alpha value is -1.70. The average Bonchev–Trinajstić information content (AvgIpc) is 2.57. The molecule has 0 radical (unpaired) electrons. The number of nitrogens with zero attached hydrogens (tertiary/aromatic N) is 4. The van der Waals surface area contributed by atoms with Gasteiger partial charge in [-0.2, -0.15) is 0 Å². The third kappa shape index (κ3) is 3.99. The summed E-state index contributed by atoms with van der Waals surface area (Å²) in [6, 6.07) is 6.97. The lowest BCUT2D eigenvalue weighted by Gasteiger charge is -2.39. The van der Waals surface area contributed by atoms with Gasteiger partial charge in [0, 0.05) is 51.9 Å². The third-order valence-electron chi connectivity index (χ3n) is 4.62. The molecule has 3 rings (SSSR count). The molecule has 23 heavy (non-hydrogen) atoms. The zero-order valence-corrected chi connectivity index (χ0v) is 13.6. The Balaban J connectivity index is 1.63. The van der Waals surface area contributed by atoms with Crippen LogP contribution >= 0.6 is 0 Å². The van der Waals surface area contributed by atoms with Gasteiger partial charge >= 0.3 is 0 Å². The molecule has 0 bridgehead atoms. The summed E-state index contributed by atoms with van der Waals surface area (Å²) in [5.41, 5.74) is 0.872. The molecular weight excluding hydrogens is 296 g/mol. The van der Waals surface area contributed by atoms with Crippen LogP contribution < -0.4 is 4.90 Å². The standard InChI is InChI=1S/C16H24N4O3/c1-17-6-8-18(9-7-17)12-14-13-19(10-11-23-14)15-4-2-3-5-16(15)20(21)22/h2-5,14H,6-13H2,1H3/t14-/m0/s1. The highest BCUT2D eigenvalue weighted by Crippen LogP contribution is 2.29. The maximum atomic E-state index is 11.2. The molecule has 2 heterocycles. The van der Waals surface area contributed by atoms with Gasteiger partial charge in [-0.1, -0.05) is 12.1 Å². The van der Waals surface area contributed by atoms with Gasteiger partial charge in [-0.3, -0.25) is 15.0 Å². The number of nitro groups is 1. The van der Waals surface area contributed by atoms with Crippen LogP contribution in [0.5, 0.6) is 0 Å². The lowest BCUT2D eigenvalue weighted by atomic mass is 10.2. The number of hydrogen-bond donors (Lipinski definition) is 0. The SMILES string of the molecule is CN1CCN(C[C@H]2CN(c3ccccc3[N+](=O)[O-])CCO2)CC1. The topological polar surface area (TPSA) is 62.1 Å². The summed E-state index contributed by atoms with van der Waals surface area (Å²) in [5.74, 6) is 0. The molecule has 0 saturated carbocycles. The van der Waals surface area contributed by atoms with Gasteiger partial charge in [-0.05, 0) is 13.1 Å². The number of likely N-dealkylation sites (N-methyl/N-ethyl adjacent to an activating group) is 1. The van der Waals surface area contributed by atoms with Crippen LogP contribution in [0.15, 0.2) is 24.3 Å². The molecular formula is C16H24N4O3. The second-order valence-electron chi connectivity index (χ2n) is 6.29. The Morgan fingerprint density at radius 3 is 2.70 bits per heavy atom.